The zero-order valence-electron chi connectivity index (χ0n) is 12.0. The van der Waals surface area contributed by atoms with Crippen molar-refractivity contribution in [1.82, 2.24) is 10.6 Å². The van der Waals surface area contributed by atoms with E-state index in [0.717, 1.165) is 5.56 Å². The Balaban J connectivity index is 1.70. The van der Waals surface area contributed by atoms with Crippen LogP contribution in [-0.4, -0.2) is 12.5 Å². The van der Waals surface area contributed by atoms with Gasteiger partial charge >= 0.3 is 0 Å². The summed E-state index contributed by atoms with van der Waals surface area (Å²) in [6.45, 7) is 3.47. The van der Waals surface area contributed by atoms with E-state index in [2.05, 4.69) is 41.8 Å². The first-order chi connectivity index (χ1) is 10.1. The molecular formula is C17H19ClN2O. The van der Waals surface area contributed by atoms with Crippen LogP contribution in [0, 0.1) is 6.92 Å². The lowest BCUT2D eigenvalue weighted by molar-refractivity contribution is -0.120. The predicted molar refractivity (Wildman–Crippen MR) is 86.2 cm³/mol. The fourth-order valence-corrected chi connectivity index (χ4v) is 2.13. The van der Waals surface area contributed by atoms with Gasteiger partial charge in [0.05, 0.1) is 6.54 Å². The second-order valence-electron chi connectivity index (χ2n) is 4.96. The molecule has 0 aromatic heterocycles. The summed E-state index contributed by atoms with van der Waals surface area (Å²) < 4.78 is 0. The number of rotatable bonds is 6. The second kappa shape index (κ2) is 7.81. The minimum atomic E-state index is -0.0398. The molecule has 0 spiro atoms. The smallest absolute Gasteiger partial charge is 0.234 e. The molecule has 0 aliphatic carbocycles. The molecule has 0 aliphatic heterocycles. The number of nitrogens with one attached hydrogen (secondary N) is 2. The number of aryl methyl sites for hydroxylation is 1. The number of benzene rings is 2. The van der Waals surface area contributed by atoms with E-state index in [9.17, 15) is 4.79 Å². The molecule has 2 rings (SSSR count). The zero-order chi connectivity index (χ0) is 15.1. The van der Waals surface area contributed by atoms with E-state index in [0.29, 0.717) is 24.7 Å². The molecule has 110 valence electrons. The van der Waals surface area contributed by atoms with Crippen molar-refractivity contribution in [3.63, 3.8) is 0 Å². The van der Waals surface area contributed by atoms with Crippen LogP contribution in [-0.2, 0) is 17.9 Å². The second-order valence-corrected chi connectivity index (χ2v) is 5.36. The first-order valence-electron chi connectivity index (χ1n) is 6.91. The van der Waals surface area contributed by atoms with Gasteiger partial charge in [0.1, 0.15) is 0 Å². The minimum Gasteiger partial charge on any atom is -0.351 e. The number of amides is 1. The maximum absolute atomic E-state index is 11.8. The average Bonchev–Trinajstić information content (AvgIpc) is 2.48. The highest BCUT2D eigenvalue weighted by Gasteiger charge is 2.03. The van der Waals surface area contributed by atoms with E-state index in [4.69, 9.17) is 11.6 Å². The van der Waals surface area contributed by atoms with Crippen LogP contribution in [0.15, 0.2) is 48.5 Å². The summed E-state index contributed by atoms with van der Waals surface area (Å²) in [6.07, 6.45) is 0. The third kappa shape index (κ3) is 5.21. The van der Waals surface area contributed by atoms with Gasteiger partial charge < -0.3 is 10.6 Å². The Morgan fingerprint density at radius 2 is 1.76 bits per heavy atom. The van der Waals surface area contributed by atoms with Crippen molar-refractivity contribution in [3.05, 3.63) is 70.2 Å². The summed E-state index contributed by atoms with van der Waals surface area (Å²) in [4.78, 5) is 11.8. The highest BCUT2D eigenvalue weighted by atomic mass is 35.5. The quantitative estimate of drug-likeness (QED) is 0.861. The molecule has 3 nitrogen and oxygen atoms in total. The molecule has 0 aliphatic rings. The molecule has 0 saturated carbocycles. The number of carbonyl (C=O) groups excluding carboxylic acids is 1. The lowest BCUT2D eigenvalue weighted by Crippen LogP contribution is -2.33. The maximum Gasteiger partial charge on any atom is 0.234 e. The molecule has 4 heteroatoms. The number of hydrogen-bond donors (Lipinski definition) is 2. The van der Waals surface area contributed by atoms with Crippen LogP contribution in [0.3, 0.4) is 0 Å². The predicted octanol–water partition coefficient (Wildman–Crippen LogP) is 3.05. The summed E-state index contributed by atoms with van der Waals surface area (Å²) >= 11 is 6.04. The van der Waals surface area contributed by atoms with E-state index in [1.807, 2.05) is 24.3 Å². The molecule has 0 heterocycles. The highest BCUT2D eigenvalue weighted by Crippen LogP contribution is 2.14. The van der Waals surface area contributed by atoms with Crippen LogP contribution < -0.4 is 10.6 Å². The fourth-order valence-electron chi connectivity index (χ4n) is 1.92. The number of hydrogen-bond acceptors (Lipinski definition) is 2. The molecular weight excluding hydrogens is 284 g/mol. The Bertz CT molecular complexity index is 596. The van der Waals surface area contributed by atoms with Gasteiger partial charge in [-0.25, -0.2) is 0 Å². The SMILES string of the molecule is Cc1ccc(CNCC(=O)NCc2ccccc2Cl)cc1. The van der Waals surface area contributed by atoms with Crippen LogP contribution in [0.1, 0.15) is 16.7 Å². The molecule has 0 radical (unpaired) electrons. The van der Waals surface area contributed by atoms with Crippen molar-refractivity contribution in [2.75, 3.05) is 6.54 Å². The molecule has 0 unspecified atom stereocenters. The van der Waals surface area contributed by atoms with Gasteiger partial charge in [0.2, 0.25) is 5.91 Å². The Morgan fingerprint density at radius 1 is 1.05 bits per heavy atom. The van der Waals surface area contributed by atoms with Crippen molar-refractivity contribution < 1.29 is 4.79 Å². The van der Waals surface area contributed by atoms with Gasteiger partial charge in [0.15, 0.2) is 0 Å². The Kier molecular flexibility index (Phi) is 5.78. The third-order valence-corrected chi connectivity index (χ3v) is 3.54. The summed E-state index contributed by atoms with van der Waals surface area (Å²) in [6, 6.07) is 15.7. The summed E-state index contributed by atoms with van der Waals surface area (Å²) in [5, 5.41) is 6.65. The van der Waals surface area contributed by atoms with Crippen LogP contribution in [0.2, 0.25) is 5.02 Å². The molecule has 1 amide bonds. The van der Waals surface area contributed by atoms with Gasteiger partial charge in [-0.3, -0.25) is 4.79 Å². The molecule has 0 saturated heterocycles. The van der Waals surface area contributed by atoms with E-state index in [1.54, 1.807) is 0 Å². The average molecular weight is 303 g/mol. The summed E-state index contributed by atoms with van der Waals surface area (Å²) in [7, 11) is 0. The van der Waals surface area contributed by atoms with Crippen molar-refractivity contribution in [3.8, 4) is 0 Å². The zero-order valence-corrected chi connectivity index (χ0v) is 12.8. The van der Waals surface area contributed by atoms with Crippen LogP contribution in [0.5, 0.6) is 0 Å². The fraction of sp³-hybridized carbons (Fsp3) is 0.235. The molecule has 0 bridgehead atoms. The van der Waals surface area contributed by atoms with Gasteiger partial charge in [-0.15, -0.1) is 0 Å². The molecule has 0 fully saturated rings. The van der Waals surface area contributed by atoms with E-state index < -0.39 is 0 Å². The monoisotopic (exact) mass is 302 g/mol. The topological polar surface area (TPSA) is 41.1 Å². The number of carbonyl (C=O) groups is 1. The van der Waals surface area contributed by atoms with Crippen LogP contribution in [0.4, 0.5) is 0 Å². The molecule has 2 N–H and O–H groups in total. The van der Waals surface area contributed by atoms with Crippen molar-refractivity contribution in [1.29, 1.82) is 0 Å². The first-order valence-corrected chi connectivity index (χ1v) is 7.29. The van der Waals surface area contributed by atoms with Gasteiger partial charge in [-0.05, 0) is 24.1 Å². The standard InChI is InChI=1S/C17H19ClN2O/c1-13-6-8-14(9-7-13)10-19-12-17(21)20-11-15-4-2-3-5-16(15)18/h2-9,19H,10-12H2,1H3,(H,20,21). The molecule has 0 atom stereocenters. The van der Waals surface area contributed by atoms with Crippen molar-refractivity contribution >= 4 is 17.5 Å². The highest BCUT2D eigenvalue weighted by molar-refractivity contribution is 6.31. The van der Waals surface area contributed by atoms with E-state index in [1.165, 1.54) is 11.1 Å². The van der Waals surface area contributed by atoms with Gasteiger partial charge in [-0.1, -0.05) is 59.6 Å². The third-order valence-electron chi connectivity index (χ3n) is 3.17. The first kappa shape index (κ1) is 15.5. The Hall–Kier alpha value is -1.84. The van der Waals surface area contributed by atoms with Crippen LogP contribution in [0.25, 0.3) is 0 Å². The Labute approximate surface area is 130 Å². The van der Waals surface area contributed by atoms with Crippen LogP contribution >= 0.6 is 11.6 Å². The molecule has 2 aromatic carbocycles. The van der Waals surface area contributed by atoms with Gasteiger partial charge in [0, 0.05) is 18.1 Å². The van der Waals surface area contributed by atoms with E-state index in [-0.39, 0.29) is 5.91 Å². The van der Waals surface area contributed by atoms with Crippen molar-refractivity contribution in [2.24, 2.45) is 0 Å². The Morgan fingerprint density at radius 3 is 2.48 bits per heavy atom. The normalized spacial score (nSPS) is 10.4. The largest absolute Gasteiger partial charge is 0.351 e. The summed E-state index contributed by atoms with van der Waals surface area (Å²) in [5.41, 5.74) is 3.32. The van der Waals surface area contributed by atoms with Gasteiger partial charge in [-0.2, -0.15) is 0 Å². The lowest BCUT2D eigenvalue weighted by Gasteiger charge is -2.08. The van der Waals surface area contributed by atoms with Gasteiger partial charge in [0.25, 0.3) is 0 Å². The van der Waals surface area contributed by atoms with E-state index >= 15 is 0 Å². The number of halogens is 1. The molecule has 2 aromatic rings. The minimum absolute atomic E-state index is 0.0398. The summed E-state index contributed by atoms with van der Waals surface area (Å²) in [5.74, 6) is -0.0398. The maximum atomic E-state index is 11.8. The van der Waals surface area contributed by atoms with Crippen molar-refractivity contribution in [2.45, 2.75) is 20.0 Å². The molecule has 21 heavy (non-hydrogen) atoms. The lowest BCUT2D eigenvalue weighted by atomic mass is 10.1.